The van der Waals surface area contributed by atoms with Crippen molar-refractivity contribution in [2.24, 2.45) is 0 Å². The van der Waals surface area contributed by atoms with Gasteiger partial charge in [-0.15, -0.1) is 0 Å². The predicted molar refractivity (Wildman–Crippen MR) is 94.0 cm³/mol. The van der Waals surface area contributed by atoms with Crippen molar-refractivity contribution in [3.63, 3.8) is 0 Å². The Kier molecular flexibility index (Phi) is 3.79. The highest BCUT2D eigenvalue weighted by atomic mass is 16.5. The van der Waals surface area contributed by atoms with Crippen LogP contribution in [0.15, 0.2) is 27.1 Å². The Morgan fingerprint density at radius 3 is 2.85 bits per heavy atom. The van der Waals surface area contributed by atoms with E-state index in [4.69, 9.17) is 8.94 Å². The van der Waals surface area contributed by atoms with Crippen LogP contribution in [0.1, 0.15) is 43.5 Å². The van der Waals surface area contributed by atoms with Crippen LogP contribution in [-0.2, 0) is 13.0 Å². The lowest BCUT2D eigenvalue weighted by atomic mass is 10.0. The van der Waals surface area contributed by atoms with Crippen LogP contribution in [0, 0.1) is 13.8 Å². The number of aryl methyl sites for hydroxylation is 2. The molecule has 3 aromatic rings. The Labute approximate surface area is 149 Å². The predicted octanol–water partition coefficient (Wildman–Crippen LogP) is 2.60. The summed E-state index contributed by atoms with van der Waals surface area (Å²) in [5, 5.41) is 7.33. The van der Waals surface area contributed by atoms with Crippen LogP contribution in [-0.4, -0.2) is 35.5 Å². The summed E-state index contributed by atoms with van der Waals surface area (Å²) < 4.78 is 11.1. The molecule has 0 saturated carbocycles. The zero-order chi connectivity index (χ0) is 18.4. The van der Waals surface area contributed by atoms with Crippen molar-refractivity contribution >= 4 is 22.8 Å². The summed E-state index contributed by atoms with van der Waals surface area (Å²) in [6.45, 7) is 4.63. The molecule has 1 aliphatic heterocycles. The molecule has 2 aromatic heterocycles. The second kappa shape index (κ2) is 6.01. The van der Waals surface area contributed by atoms with E-state index in [1.165, 1.54) is 7.05 Å². The average Bonchev–Trinajstić information content (AvgIpc) is 3.21. The number of aromatic nitrogens is 1. The third-order valence-electron chi connectivity index (χ3n) is 4.84. The van der Waals surface area contributed by atoms with E-state index in [1.807, 2.05) is 32.0 Å². The van der Waals surface area contributed by atoms with E-state index in [-0.39, 0.29) is 24.1 Å². The molecule has 0 spiro atoms. The van der Waals surface area contributed by atoms with Crippen molar-refractivity contribution in [1.29, 1.82) is 0 Å². The minimum absolute atomic E-state index is 0.189. The molecule has 0 aliphatic carbocycles. The minimum atomic E-state index is -0.320. The summed E-state index contributed by atoms with van der Waals surface area (Å²) in [6, 6.07) is 5.90. The number of benzene rings is 1. The highest BCUT2D eigenvalue weighted by Crippen LogP contribution is 2.29. The van der Waals surface area contributed by atoms with Crippen LogP contribution in [0.25, 0.3) is 11.0 Å². The van der Waals surface area contributed by atoms with Gasteiger partial charge in [0.1, 0.15) is 11.3 Å². The van der Waals surface area contributed by atoms with Crippen LogP contribution < -0.4 is 5.32 Å². The van der Waals surface area contributed by atoms with Gasteiger partial charge in [-0.1, -0.05) is 17.3 Å². The Balaban J connectivity index is 1.67. The zero-order valence-electron chi connectivity index (χ0n) is 14.9. The Hall–Kier alpha value is -3.09. The lowest BCUT2D eigenvalue weighted by Gasteiger charge is -2.25. The van der Waals surface area contributed by atoms with E-state index in [9.17, 15) is 9.59 Å². The highest BCUT2D eigenvalue weighted by molar-refractivity contribution is 5.99. The average molecular weight is 353 g/mol. The summed E-state index contributed by atoms with van der Waals surface area (Å²) in [6.07, 6.45) is 0.517. The van der Waals surface area contributed by atoms with E-state index in [0.717, 1.165) is 16.5 Å². The quantitative estimate of drug-likeness (QED) is 0.765. The first kappa shape index (κ1) is 16.4. The minimum Gasteiger partial charge on any atom is -0.451 e. The van der Waals surface area contributed by atoms with Gasteiger partial charge in [-0.05, 0) is 25.5 Å². The molecule has 4 rings (SSSR count). The lowest BCUT2D eigenvalue weighted by molar-refractivity contribution is 0.0696. The standard InChI is InChI=1S/C19H19N3O4/c1-10-4-5-12-11(2)17(25-15(12)8-10)19(24)22-7-6-14-13(9-22)16(21-26-14)18(23)20-3/h4-5,8H,6-7,9H2,1-3H3,(H,20,23). The number of nitrogens with one attached hydrogen (secondary N) is 1. The first-order valence-corrected chi connectivity index (χ1v) is 8.48. The molecule has 1 N–H and O–H groups in total. The molecule has 7 nitrogen and oxygen atoms in total. The van der Waals surface area contributed by atoms with E-state index in [2.05, 4.69) is 10.5 Å². The second-order valence-electron chi connectivity index (χ2n) is 6.54. The van der Waals surface area contributed by atoms with Crippen LogP contribution in [0.2, 0.25) is 0 Å². The van der Waals surface area contributed by atoms with E-state index in [0.29, 0.717) is 35.6 Å². The number of nitrogens with zero attached hydrogens (tertiary/aromatic N) is 2. The van der Waals surface area contributed by atoms with Crippen LogP contribution in [0.4, 0.5) is 0 Å². The number of furan rings is 1. The maximum Gasteiger partial charge on any atom is 0.290 e. The number of hydrogen-bond acceptors (Lipinski definition) is 5. The smallest absolute Gasteiger partial charge is 0.290 e. The summed E-state index contributed by atoms with van der Waals surface area (Å²) in [7, 11) is 1.54. The van der Waals surface area contributed by atoms with E-state index >= 15 is 0 Å². The van der Waals surface area contributed by atoms with Crippen LogP contribution >= 0.6 is 0 Å². The number of carbonyl (C=O) groups is 2. The maximum absolute atomic E-state index is 13.0. The maximum atomic E-state index is 13.0. The molecule has 134 valence electrons. The van der Waals surface area contributed by atoms with Gasteiger partial charge < -0.3 is 19.2 Å². The molecule has 0 saturated heterocycles. The fourth-order valence-corrected chi connectivity index (χ4v) is 3.36. The SMILES string of the molecule is CNC(=O)c1noc2c1CN(C(=O)c1oc3cc(C)ccc3c1C)CC2. The molecule has 3 heterocycles. The van der Waals surface area contributed by atoms with Gasteiger partial charge in [0.15, 0.2) is 11.5 Å². The van der Waals surface area contributed by atoms with Crippen LogP contribution in [0.3, 0.4) is 0 Å². The molecule has 1 aromatic carbocycles. The Morgan fingerprint density at radius 2 is 2.08 bits per heavy atom. The van der Waals surface area contributed by atoms with Gasteiger partial charge in [0, 0.05) is 36.5 Å². The largest absolute Gasteiger partial charge is 0.451 e. The molecular formula is C19H19N3O4. The molecule has 7 heteroatoms. The molecule has 2 amide bonds. The lowest BCUT2D eigenvalue weighted by Crippen LogP contribution is -2.36. The molecule has 0 bridgehead atoms. The summed E-state index contributed by atoms with van der Waals surface area (Å²) in [5.41, 5.74) is 3.50. The Bertz CT molecular complexity index is 1030. The fourth-order valence-electron chi connectivity index (χ4n) is 3.36. The molecular weight excluding hydrogens is 334 g/mol. The molecule has 0 radical (unpaired) electrons. The number of amides is 2. The molecule has 0 unspecified atom stereocenters. The van der Waals surface area contributed by atoms with E-state index in [1.54, 1.807) is 4.90 Å². The normalized spacial score (nSPS) is 13.7. The van der Waals surface area contributed by atoms with Crippen molar-refractivity contribution in [2.75, 3.05) is 13.6 Å². The van der Waals surface area contributed by atoms with Crippen molar-refractivity contribution in [1.82, 2.24) is 15.4 Å². The number of hydrogen-bond donors (Lipinski definition) is 1. The van der Waals surface area contributed by atoms with Gasteiger partial charge in [0.05, 0.1) is 6.54 Å². The van der Waals surface area contributed by atoms with Gasteiger partial charge in [0.25, 0.3) is 11.8 Å². The van der Waals surface area contributed by atoms with Crippen molar-refractivity contribution < 1.29 is 18.5 Å². The topological polar surface area (TPSA) is 88.6 Å². The van der Waals surface area contributed by atoms with Gasteiger partial charge in [-0.25, -0.2) is 0 Å². The van der Waals surface area contributed by atoms with Gasteiger partial charge in [-0.2, -0.15) is 0 Å². The summed E-state index contributed by atoms with van der Waals surface area (Å²) in [5.74, 6) is 0.488. The van der Waals surface area contributed by atoms with Crippen molar-refractivity contribution in [2.45, 2.75) is 26.8 Å². The van der Waals surface area contributed by atoms with Gasteiger partial charge in [0.2, 0.25) is 0 Å². The molecule has 1 aliphatic rings. The number of rotatable bonds is 2. The first-order valence-electron chi connectivity index (χ1n) is 8.48. The van der Waals surface area contributed by atoms with E-state index < -0.39 is 0 Å². The first-order chi connectivity index (χ1) is 12.5. The van der Waals surface area contributed by atoms with Gasteiger partial charge >= 0.3 is 0 Å². The zero-order valence-corrected chi connectivity index (χ0v) is 14.9. The highest BCUT2D eigenvalue weighted by Gasteiger charge is 2.31. The third-order valence-corrected chi connectivity index (χ3v) is 4.84. The second-order valence-corrected chi connectivity index (χ2v) is 6.54. The van der Waals surface area contributed by atoms with Crippen molar-refractivity contribution in [3.8, 4) is 0 Å². The molecule has 0 atom stereocenters. The number of carbonyl (C=O) groups excluding carboxylic acids is 2. The Morgan fingerprint density at radius 1 is 1.27 bits per heavy atom. The van der Waals surface area contributed by atoms with Gasteiger partial charge in [-0.3, -0.25) is 9.59 Å². The summed E-state index contributed by atoms with van der Waals surface area (Å²) in [4.78, 5) is 26.6. The monoisotopic (exact) mass is 353 g/mol. The summed E-state index contributed by atoms with van der Waals surface area (Å²) >= 11 is 0. The number of fused-ring (bicyclic) bond motifs is 2. The van der Waals surface area contributed by atoms with Crippen LogP contribution in [0.5, 0.6) is 0 Å². The molecule has 26 heavy (non-hydrogen) atoms. The fraction of sp³-hybridized carbons (Fsp3) is 0.316. The molecule has 0 fully saturated rings. The van der Waals surface area contributed by atoms with Crippen molar-refractivity contribution in [3.05, 3.63) is 52.1 Å². The third kappa shape index (κ3) is 2.47.